The molecule has 1 amide bonds. The number of carbonyl (C=O) groups excluding carboxylic acids is 1. The maximum absolute atomic E-state index is 12.3. The quantitative estimate of drug-likeness (QED) is 0.838. The molecule has 7 nitrogen and oxygen atoms in total. The minimum atomic E-state index is -0.418. The molecule has 0 aliphatic rings. The molecule has 0 atom stereocenters. The maximum Gasteiger partial charge on any atom is 0.270 e. The molecule has 0 spiro atoms. The molecule has 0 aliphatic heterocycles. The molecule has 0 fully saturated rings. The number of benzene rings is 1. The van der Waals surface area contributed by atoms with Crippen LogP contribution in [0.15, 0.2) is 30.3 Å². The second kappa shape index (κ2) is 7.83. The van der Waals surface area contributed by atoms with Crippen molar-refractivity contribution < 1.29 is 14.3 Å². The van der Waals surface area contributed by atoms with Crippen LogP contribution in [0.1, 0.15) is 28.5 Å². The summed E-state index contributed by atoms with van der Waals surface area (Å²) in [4.78, 5) is 16.4. The van der Waals surface area contributed by atoms with Crippen molar-refractivity contribution in [1.82, 2.24) is 10.3 Å². The van der Waals surface area contributed by atoms with E-state index in [9.17, 15) is 4.79 Å². The van der Waals surface area contributed by atoms with Crippen LogP contribution in [0.25, 0.3) is 0 Å². The summed E-state index contributed by atoms with van der Waals surface area (Å²) < 4.78 is 10.5. The van der Waals surface area contributed by atoms with E-state index in [-0.39, 0.29) is 29.4 Å². The lowest BCUT2D eigenvalue weighted by molar-refractivity contribution is 0.0944. The lowest BCUT2D eigenvalue weighted by Gasteiger charge is -2.11. The third kappa shape index (κ3) is 3.73. The summed E-state index contributed by atoms with van der Waals surface area (Å²) in [6, 6.07) is 10.7. The molecular formula is C17H18N4O3. The standard InChI is InChI=1S/C17H18N4O3/c1-3-24-17-12(9-18)13(19)8-14(21-17)16(22)20-10-11-6-4-5-7-15(11)23-2/h4-8H,3,10H2,1-2H3,(H2,19,21)(H,20,22). The molecule has 1 heterocycles. The zero-order valence-electron chi connectivity index (χ0n) is 13.5. The summed E-state index contributed by atoms with van der Waals surface area (Å²) in [5.74, 6) is 0.320. The smallest absolute Gasteiger partial charge is 0.270 e. The summed E-state index contributed by atoms with van der Waals surface area (Å²) >= 11 is 0. The normalized spacial score (nSPS) is 9.88. The van der Waals surface area contributed by atoms with Crippen LogP contribution in [-0.4, -0.2) is 24.6 Å². The zero-order chi connectivity index (χ0) is 17.5. The number of nitrogens with two attached hydrogens (primary N) is 1. The van der Waals surface area contributed by atoms with Gasteiger partial charge in [-0.15, -0.1) is 0 Å². The van der Waals surface area contributed by atoms with E-state index in [0.717, 1.165) is 5.56 Å². The van der Waals surface area contributed by atoms with Crippen molar-refractivity contribution in [1.29, 1.82) is 5.26 Å². The molecule has 3 N–H and O–H groups in total. The Morgan fingerprint density at radius 2 is 2.17 bits per heavy atom. The Labute approximate surface area is 140 Å². The van der Waals surface area contributed by atoms with Gasteiger partial charge in [0.15, 0.2) is 0 Å². The lowest BCUT2D eigenvalue weighted by Crippen LogP contribution is -2.24. The van der Waals surface area contributed by atoms with Gasteiger partial charge in [-0.2, -0.15) is 5.26 Å². The summed E-state index contributed by atoms with van der Waals surface area (Å²) in [7, 11) is 1.57. The van der Waals surface area contributed by atoms with Gasteiger partial charge in [0, 0.05) is 12.1 Å². The zero-order valence-corrected chi connectivity index (χ0v) is 13.5. The van der Waals surface area contributed by atoms with Crippen LogP contribution >= 0.6 is 0 Å². The molecule has 1 aromatic carbocycles. The van der Waals surface area contributed by atoms with Gasteiger partial charge in [0.25, 0.3) is 5.91 Å². The second-order valence-electron chi connectivity index (χ2n) is 4.82. The number of hydrogen-bond acceptors (Lipinski definition) is 6. The highest BCUT2D eigenvalue weighted by atomic mass is 16.5. The Hall–Kier alpha value is -3.27. The number of ether oxygens (including phenoxy) is 2. The average Bonchev–Trinajstić information content (AvgIpc) is 2.60. The molecule has 0 saturated heterocycles. The molecule has 1 aromatic heterocycles. The molecular weight excluding hydrogens is 308 g/mol. The van der Waals surface area contributed by atoms with Crippen LogP contribution in [0.3, 0.4) is 0 Å². The van der Waals surface area contributed by atoms with E-state index in [0.29, 0.717) is 12.4 Å². The van der Waals surface area contributed by atoms with E-state index in [1.807, 2.05) is 30.3 Å². The minimum absolute atomic E-state index is 0.0578. The number of nitriles is 1. The van der Waals surface area contributed by atoms with Crippen LogP contribution in [0.5, 0.6) is 11.6 Å². The van der Waals surface area contributed by atoms with Crippen LogP contribution in [0.2, 0.25) is 0 Å². The fraction of sp³-hybridized carbons (Fsp3) is 0.235. The van der Waals surface area contributed by atoms with Crippen LogP contribution in [-0.2, 0) is 6.54 Å². The number of para-hydroxylation sites is 1. The molecule has 7 heteroatoms. The predicted molar refractivity (Wildman–Crippen MR) is 88.7 cm³/mol. The molecule has 0 saturated carbocycles. The number of nitrogens with one attached hydrogen (secondary N) is 1. The third-order valence-corrected chi connectivity index (χ3v) is 3.27. The number of hydrogen-bond donors (Lipinski definition) is 2. The topological polar surface area (TPSA) is 110 Å². The molecule has 0 unspecified atom stereocenters. The summed E-state index contributed by atoms with van der Waals surface area (Å²) in [5, 5.41) is 11.8. The summed E-state index contributed by atoms with van der Waals surface area (Å²) in [6.07, 6.45) is 0. The van der Waals surface area contributed by atoms with E-state index in [1.54, 1.807) is 14.0 Å². The molecule has 0 radical (unpaired) electrons. The third-order valence-electron chi connectivity index (χ3n) is 3.27. The van der Waals surface area contributed by atoms with Crippen molar-refractivity contribution in [3.63, 3.8) is 0 Å². The number of rotatable bonds is 6. The van der Waals surface area contributed by atoms with Crippen LogP contribution in [0, 0.1) is 11.3 Å². The lowest BCUT2D eigenvalue weighted by atomic mass is 10.2. The molecule has 24 heavy (non-hydrogen) atoms. The highest BCUT2D eigenvalue weighted by Crippen LogP contribution is 2.23. The first-order valence-corrected chi connectivity index (χ1v) is 7.34. The number of carbonyl (C=O) groups is 1. The number of aromatic nitrogens is 1. The highest BCUT2D eigenvalue weighted by molar-refractivity contribution is 5.93. The number of amides is 1. The van der Waals surface area contributed by atoms with E-state index in [2.05, 4.69) is 10.3 Å². The van der Waals surface area contributed by atoms with Crippen LogP contribution < -0.4 is 20.5 Å². The van der Waals surface area contributed by atoms with Gasteiger partial charge in [-0.25, -0.2) is 4.98 Å². The fourth-order valence-electron chi connectivity index (χ4n) is 2.13. The molecule has 124 valence electrons. The van der Waals surface area contributed by atoms with Crippen molar-refractivity contribution in [3.05, 3.63) is 47.2 Å². The van der Waals surface area contributed by atoms with Crippen molar-refractivity contribution >= 4 is 11.6 Å². The number of nitrogen functional groups attached to an aromatic ring is 1. The van der Waals surface area contributed by atoms with E-state index >= 15 is 0 Å². The van der Waals surface area contributed by atoms with Crippen molar-refractivity contribution in [3.8, 4) is 17.7 Å². The Balaban J connectivity index is 2.19. The average molecular weight is 326 g/mol. The van der Waals surface area contributed by atoms with Crippen LogP contribution in [0.4, 0.5) is 5.69 Å². The molecule has 0 bridgehead atoms. The fourth-order valence-corrected chi connectivity index (χ4v) is 2.13. The number of nitrogens with zero attached hydrogens (tertiary/aromatic N) is 2. The Morgan fingerprint density at radius 3 is 2.83 bits per heavy atom. The first-order chi connectivity index (χ1) is 11.6. The van der Waals surface area contributed by atoms with Gasteiger partial charge in [-0.1, -0.05) is 18.2 Å². The van der Waals surface area contributed by atoms with E-state index in [1.165, 1.54) is 6.07 Å². The van der Waals surface area contributed by atoms with Crippen molar-refractivity contribution in [2.24, 2.45) is 0 Å². The number of pyridine rings is 1. The summed E-state index contributed by atoms with van der Waals surface area (Å²) in [6.45, 7) is 2.34. The van der Waals surface area contributed by atoms with Gasteiger partial charge < -0.3 is 20.5 Å². The minimum Gasteiger partial charge on any atom is -0.496 e. The van der Waals surface area contributed by atoms with Gasteiger partial charge in [0.2, 0.25) is 5.88 Å². The van der Waals surface area contributed by atoms with Gasteiger partial charge in [-0.05, 0) is 19.1 Å². The molecule has 2 rings (SSSR count). The van der Waals surface area contributed by atoms with Gasteiger partial charge >= 0.3 is 0 Å². The SMILES string of the molecule is CCOc1nc(C(=O)NCc2ccccc2OC)cc(N)c1C#N. The van der Waals surface area contributed by atoms with Gasteiger partial charge in [-0.3, -0.25) is 4.79 Å². The Bertz CT molecular complexity index is 784. The second-order valence-corrected chi connectivity index (χ2v) is 4.82. The van der Waals surface area contributed by atoms with Gasteiger partial charge in [0.1, 0.15) is 23.1 Å². The first kappa shape index (κ1) is 17.1. The first-order valence-electron chi connectivity index (χ1n) is 7.34. The predicted octanol–water partition coefficient (Wildman–Crippen LogP) is 1.87. The Kier molecular flexibility index (Phi) is 5.58. The molecule has 2 aromatic rings. The number of methoxy groups -OCH3 is 1. The highest BCUT2D eigenvalue weighted by Gasteiger charge is 2.16. The summed E-state index contributed by atoms with van der Waals surface area (Å²) in [5.41, 5.74) is 7.01. The maximum atomic E-state index is 12.3. The number of anilines is 1. The largest absolute Gasteiger partial charge is 0.496 e. The van der Waals surface area contributed by atoms with Gasteiger partial charge in [0.05, 0.1) is 19.4 Å². The molecule has 0 aliphatic carbocycles. The van der Waals surface area contributed by atoms with Crippen molar-refractivity contribution in [2.45, 2.75) is 13.5 Å². The Morgan fingerprint density at radius 1 is 1.42 bits per heavy atom. The van der Waals surface area contributed by atoms with Crippen molar-refractivity contribution in [2.75, 3.05) is 19.5 Å². The van der Waals surface area contributed by atoms with E-state index in [4.69, 9.17) is 20.5 Å². The van der Waals surface area contributed by atoms with E-state index < -0.39 is 5.91 Å². The monoisotopic (exact) mass is 326 g/mol.